The van der Waals surface area contributed by atoms with Crippen LogP contribution in [0.3, 0.4) is 0 Å². The molecule has 0 aromatic carbocycles. The standard InChI is InChI=1S/C30H61NO/c1-3-5-7-9-11-13-15-16-17-18-19-20-22-24-26-28-30-31(32)29-27-25-23-21-14-12-10-8-6-4-2/h30H,3-29H2,1-2H3. The second kappa shape index (κ2) is 28.5. The van der Waals surface area contributed by atoms with E-state index in [0.717, 1.165) is 12.8 Å². The maximum Gasteiger partial charge on any atom is 0.153 e. The molecule has 0 aliphatic heterocycles. The number of hydrogen-bond acceptors (Lipinski definition) is 1. The molecule has 0 fully saturated rings. The Hall–Kier alpha value is -0.530. The van der Waals surface area contributed by atoms with Gasteiger partial charge in [-0.2, -0.15) is 0 Å². The van der Waals surface area contributed by atoms with Crippen molar-refractivity contribution in [2.24, 2.45) is 0 Å². The summed E-state index contributed by atoms with van der Waals surface area (Å²) in [4.78, 5) is 0. The molecule has 0 unspecified atom stereocenters. The second-order valence-electron chi connectivity index (χ2n) is 10.2. The third-order valence-corrected chi connectivity index (χ3v) is 6.87. The summed E-state index contributed by atoms with van der Waals surface area (Å²) < 4.78 is 1.20. The first kappa shape index (κ1) is 31.5. The summed E-state index contributed by atoms with van der Waals surface area (Å²) >= 11 is 0. The van der Waals surface area contributed by atoms with Crippen LogP contribution in [0.15, 0.2) is 0 Å². The van der Waals surface area contributed by atoms with Crippen LogP contribution < -0.4 is 0 Å². The molecular weight excluding hydrogens is 390 g/mol. The Balaban J connectivity index is 3.20. The highest BCUT2D eigenvalue weighted by Crippen LogP contribution is 2.14. The Labute approximate surface area is 203 Å². The van der Waals surface area contributed by atoms with Gasteiger partial charge in [0.2, 0.25) is 0 Å². The average molecular weight is 452 g/mol. The Morgan fingerprint density at radius 2 is 0.688 bits per heavy atom. The molecule has 192 valence electrons. The van der Waals surface area contributed by atoms with E-state index in [2.05, 4.69) is 13.8 Å². The molecule has 0 spiro atoms. The Morgan fingerprint density at radius 3 is 1.03 bits per heavy atom. The molecule has 0 saturated carbocycles. The van der Waals surface area contributed by atoms with Crippen LogP contribution in [0, 0.1) is 5.21 Å². The van der Waals surface area contributed by atoms with Gasteiger partial charge in [0.25, 0.3) is 0 Å². The molecule has 0 aliphatic carbocycles. The van der Waals surface area contributed by atoms with E-state index in [9.17, 15) is 5.21 Å². The monoisotopic (exact) mass is 451 g/mol. The zero-order valence-corrected chi connectivity index (χ0v) is 22.5. The predicted molar refractivity (Wildman–Crippen MR) is 146 cm³/mol. The molecule has 0 N–H and O–H groups in total. The zero-order valence-electron chi connectivity index (χ0n) is 22.5. The Bertz CT molecular complexity index is 366. The fourth-order valence-corrected chi connectivity index (χ4v) is 4.60. The van der Waals surface area contributed by atoms with E-state index >= 15 is 0 Å². The fraction of sp³-hybridized carbons (Fsp3) is 0.967. The molecule has 0 bridgehead atoms. The summed E-state index contributed by atoms with van der Waals surface area (Å²) in [6.45, 7) is 5.27. The van der Waals surface area contributed by atoms with E-state index in [1.54, 1.807) is 0 Å². The van der Waals surface area contributed by atoms with Crippen molar-refractivity contribution < 1.29 is 4.74 Å². The number of nitrogens with zero attached hydrogens (tertiary/aromatic N) is 1. The summed E-state index contributed by atoms with van der Waals surface area (Å²) in [5.74, 6) is 0. The van der Waals surface area contributed by atoms with Crippen LogP contribution in [0.4, 0.5) is 0 Å². The minimum Gasteiger partial charge on any atom is -0.624 e. The minimum absolute atomic E-state index is 0.704. The van der Waals surface area contributed by atoms with E-state index in [4.69, 9.17) is 0 Å². The van der Waals surface area contributed by atoms with Crippen molar-refractivity contribution in [3.8, 4) is 0 Å². The molecule has 0 aliphatic rings. The van der Waals surface area contributed by atoms with Gasteiger partial charge in [0.15, 0.2) is 12.8 Å². The Morgan fingerprint density at radius 1 is 0.406 bits per heavy atom. The second-order valence-corrected chi connectivity index (χ2v) is 10.2. The molecule has 0 aromatic rings. The van der Waals surface area contributed by atoms with Gasteiger partial charge in [0.1, 0.15) is 0 Å². The predicted octanol–water partition coefficient (Wildman–Crippen LogP) is 10.7. The fourth-order valence-electron chi connectivity index (χ4n) is 4.60. The molecule has 2 nitrogen and oxygen atoms in total. The molecule has 32 heavy (non-hydrogen) atoms. The van der Waals surface area contributed by atoms with Crippen molar-refractivity contribution in [1.82, 2.24) is 0 Å². The van der Waals surface area contributed by atoms with E-state index in [1.807, 2.05) is 6.21 Å². The van der Waals surface area contributed by atoms with Crippen molar-refractivity contribution in [2.45, 2.75) is 181 Å². The molecule has 0 aromatic heterocycles. The number of unbranched alkanes of at least 4 members (excludes halogenated alkanes) is 24. The van der Waals surface area contributed by atoms with Gasteiger partial charge in [-0.3, -0.25) is 0 Å². The number of hydrogen-bond donors (Lipinski definition) is 0. The van der Waals surface area contributed by atoms with Crippen LogP contribution in [-0.4, -0.2) is 17.5 Å². The first-order chi connectivity index (χ1) is 15.8. The van der Waals surface area contributed by atoms with Crippen LogP contribution in [0.1, 0.15) is 181 Å². The van der Waals surface area contributed by atoms with Gasteiger partial charge in [-0.15, -0.1) is 0 Å². The quantitative estimate of drug-likeness (QED) is 0.0401. The molecule has 0 atom stereocenters. The third-order valence-electron chi connectivity index (χ3n) is 6.87. The molecule has 0 rings (SSSR count). The SMILES string of the molecule is CCCCCCCCCCCCCCCCCC=[N+]([O-])CCCCCCCCCCCC. The maximum atomic E-state index is 11.9. The lowest BCUT2D eigenvalue weighted by Gasteiger charge is -2.05. The normalized spacial score (nSPS) is 12.0. The van der Waals surface area contributed by atoms with Crippen LogP contribution in [0.5, 0.6) is 0 Å². The summed E-state index contributed by atoms with van der Waals surface area (Å²) in [6.07, 6.45) is 37.1. The average Bonchev–Trinajstić information content (AvgIpc) is 2.80. The maximum absolute atomic E-state index is 11.9. The first-order valence-corrected chi connectivity index (χ1v) is 15.1. The largest absolute Gasteiger partial charge is 0.624 e. The van der Waals surface area contributed by atoms with Crippen molar-refractivity contribution in [3.63, 3.8) is 0 Å². The van der Waals surface area contributed by atoms with Gasteiger partial charge in [-0.05, 0) is 12.8 Å². The van der Waals surface area contributed by atoms with E-state index in [-0.39, 0.29) is 0 Å². The van der Waals surface area contributed by atoms with Gasteiger partial charge < -0.3 is 5.21 Å². The molecule has 0 radical (unpaired) electrons. The van der Waals surface area contributed by atoms with Crippen molar-refractivity contribution in [3.05, 3.63) is 5.21 Å². The van der Waals surface area contributed by atoms with Crippen molar-refractivity contribution in [1.29, 1.82) is 0 Å². The summed E-state index contributed by atoms with van der Waals surface area (Å²) in [5.41, 5.74) is 0. The smallest absolute Gasteiger partial charge is 0.153 e. The molecule has 2 heteroatoms. The topological polar surface area (TPSA) is 26.1 Å². The van der Waals surface area contributed by atoms with Crippen LogP contribution in [0.2, 0.25) is 0 Å². The molecule has 0 amide bonds. The van der Waals surface area contributed by atoms with Crippen LogP contribution in [-0.2, 0) is 0 Å². The van der Waals surface area contributed by atoms with Gasteiger partial charge in [-0.1, -0.05) is 155 Å². The van der Waals surface area contributed by atoms with Crippen molar-refractivity contribution in [2.75, 3.05) is 6.54 Å². The summed E-state index contributed by atoms with van der Waals surface area (Å²) in [7, 11) is 0. The van der Waals surface area contributed by atoms with E-state index in [0.29, 0.717) is 6.54 Å². The zero-order chi connectivity index (χ0) is 23.4. The molecule has 0 saturated heterocycles. The van der Waals surface area contributed by atoms with E-state index in [1.165, 1.54) is 159 Å². The van der Waals surface area contributed by atoms with Gasteiger partial charge >= 0.3 is 0 Å². The highest BCUT2D eigenvalue weighted by atomic mass is 16.5. The highest BCUT2D eigenvalue weighted by molar-refractivity contribution is 5.50. The molecular formula is C30H61NO. The van der Waals surface area contributed by atoms with E-state index < -0.39 is 0 Å². The lowest BCUT2D eigenvalue weighted by atomic mass is 10.0. The number of hydroxylamine groups is 1. The summed E-state index contributed by atoms with van der Waals surface area (Å²) in [6, 6.07) is 0. The first-order valence-electron chi connectivity index (χ1n) is 15.1. The van der Waals surface area contributed by atoms with Crippen LogP contribution >= 0.6 is 0 Å². The van der Waals surface area contributed by atoms with Gasteiger partial charge in [-0.25, -0.2) is 4.74 Å². The molecule has 0 heterocycles. The third kappa shape index (κ3) is 27.5. The van der Waals surface area contributed by atoms with Crippen molar-refractivity contribution >= 4 is 6.21 Å². The van der Waals surface area contributed by atoms with Crippen LogP contribution in [0.25, 0.3) is 0 Å². The summed E-state index contributed by atoms with van der Waals surface area (Å²) in [5, 5.41) is 11.9. The highest BCUT2D eigenvalue weighted by Gasteiger charge is 1.98. The van der Waals surface area contributed by atoms with Gasteiger partial charge in [0.05, 0.1) is 0 Å². The number of rotatable bonds is 27. The van der Waals surface area contributed by atoms with Gasteiger partial charge in [0, 0.05) is 12.8 Å². The Kier molecular flexibility index (Phi) is 28.0. The lowest BCUT2D eigenvalue weighted by molar-refractivity contribution is -0.454. The minimum atomic E-state index is 0.704. The lowest BCUT2D eigenvalue weighted by Crippen LogP contribution is -2.06.